The van der Waals surface area contributed by atoms with E-state index in [0.29, 0.717) is 32.2 Å². The predicted octanol–water partition coefficient (Wildman–Crippen LogP) is 5.09. The molecule has 2 amide bonds. The normalized spacial score (nSPS) is 22.4. The van der Waals surface area contributed by atoms with Crippen molar-refractivity contribution in [3.05, 3.63) is 35.4 Å². The Balaban J connectivity index is 1.76. The van der Waals surface area contributed by atoms with Crippen LogP contribution >= 0.6 is 0 Å². The molecule has 0 radical (unpaired) electrons. The van der Waals surface area contributed by atoms with Crippen LogP contribution in [0.4, 0.5) is 4.79 Å². The van der Waals surface area contributed by atoms with Crippen molar-refractivity contribution in [2.45, 2.75) is 90.2 Å². The zero-order chi connectivity index (χ0) is 26.8. The van der Waals surface area contributed by atoms with Crippen molar-refractivity contribution in [3.8, 4) is 11.8 Å². The van der Waals surface area contributed by atoms with E-state index in [1.165, 1.54) is 7.11 Å². The standard InChI is InChI=1S/C30H42N2O5/c1-5-19-31(20-6-2)27(33)13-8-14-28(34)37-30(18-15-24-11-7-10-23(3)22-24)17-9-12-26-25(30)16-21-32(26)29(35)36-4/h7,10-11,22,25-26H,5-6,8-9,12-14,16-17,19-21H2,1-4H3/t25?,26-,30?/m1/s1. The lowest BCUT2D eigenvalue weighted by atomic mass is 9.72. The number of rotatable bonds is 9. The third-order valence-electron chi connectivity index (χ3n) is 7.45. The summed E-state index contributed by atoms with van der Waals surface area (Å²) in [4.78, 5) is 41.8. The average Bonchev–Trinajstić information content (AvgIpc) is 3.33. The highest BCUT2D eigenvalue weighted by molar-refractivity contribution is 5.77. The molecule has 1 saturated heterocycles. The molecule has 0 spiro atoms. The third-order valence-corrected chi connectivity index (χ3v) is 7.45. The van der Waals surface area contributed by atoms with Gasteiger partial charge in [-0.15, -0.1) is 0 Å². The van der Waals surface area contributed by atoms with E-state index >= 15 is 0 Å². The van der Waals surface area contributed by atoms with Crippen LogP contribution in [0.2, 0.25) is 0 Å². The number of benzene rings is 1. The summed E-state index contributed by atoms with van der Waals surface area (Å²) in [5.74, 6) is 6.31. The number of amides is 2. The smallest absolute Gasteiger partial charge is 0.409 e. The Kier molecular flexibility index (Phi) is 10.4. The van der Waals surface area contributed by atoms with Crippen LogP contribution in [0, 0.1) is 24.7 Å². The molecule has 37 heavy (non-hydrogen) atoms. The number of ether oxygens (including phenoxy) is 2. The minimum Gasteiger partial charge on any atom is -0.453 e. The Labute approximate surface area is 221 Å². The molecule has 202 valence electrons. The second-order valence-electron chi connectivity index (χ2n) is 10.2. The van der Waals surface area contributed by atoms with Crippen molar-refractivity contribution in [1.82, 2.24) is 9.80 Å². The molecule has 0 N–H and O–H groups in total. The number of hydrogen-bond donors (Lipinski definition) is 0. The lowest BCUT2D eigenvalue weighted by Gasteiger charge is -2.42. The van der Waals surface area contributed by atoms with Gasteiger partial charge in [-0.3, -0.25) is 9.59 Å². The Morgan fingerprint density at radius 3 is 2.57 bits per heavy atom. The van der Waals surface area contributed by atoms with Gasteiger partial charge in [0.15, 0.2) is 5.60 Å². The van der Waals surface area contributed by atoms with Crippen LogP contribution in [0.25, 0.3) is 0 Å². The number of methoxy groups -OCH3 is 1. The van der Waals surface area contributed by atoms with Gasteiger partial charge in [-0.2, -0.15) is 0 Å². The van der Waals surface area contributed by atoms with E-state index in [9.17, 15) is 14.4 Å². The van der Waals surface area contributed by atoms with Crippen LogP contribution in [0.1, 0.15) is 82.8 Å². The minimum absolute atomic E-state index is 0.0703. The molecule has 3 atom stereocenters. The van der Waals surface area contributed by atoms with Gasteiger partial charge in [0, 0.05) is 50.0 Å². The molecule has 2 unspecified atom stereocenters. The Morgan fingerprint density at radius 2 is 1.89 bits per heavy atom. The van der Waals surface area contributed by atoms with Gasteiger partial charge in [0.05, 0.1) is 7.11 Å². The minimum atomic E-state index is -0.965. The summed E-state index contributed by atoms with van der Waals surface area (Å²) >= 11 is 0. The number of fused-ring (bicyclic) bond motifs is 1. The van der Waals surface area contributed by atoms with E-state index in [0.717, 1.165) is 49.9 Å². The van der Waals surface area contributed by atoms with E-state index < -0.39 is 5.60 Å². The first kappa shape index (κ1) is 28.6. The first-order chi connectivity index (χ1) is 17.8. The van der Waals surface area contributed by atoms with Crippen LogP contribution in [0.5, 0.6) is 0 Å². The summed E-state index contributed by atoms with van der Waals surface area (Å²) in [6.45, 7) is 8.20. The number of carbonyl (C=O) groups excluding carboxylic acids is 3. The van der Waals surface area contributed by atoms with E-state index in [2.05, 4.69) is 25.7 Å². The zero-order valence-electron chi connectivity index (χ0n) is 22.9. The van der Waals surface area contributed by atoms with Gasteiger partial charge in [0.2, 0.25) is 5.91 Å². The molecule has 1 aliphatic heterocycles. The number of hydrogen-bond acceptors (Lipinski definition) is 5. The number of nitrogens with zero attached hydrogens (tertiary/aromatic N) is 2. The maximum Gasteiger partial charge on any atom is 0.409 e. The molecule has 1 aliphatic carbocycles. The first-order valence-corrected chi connectivity index (χ1v) is 13.8. The van der Waals surface area contributed by atoms with Crippen molar-refractivity contribution in [2.24, 2.45) is 5.92 Å². The van der Waals surface area contributed by atoms with Crippen molar-refractivity contribution >= 4 is 18.0 Å². The fourth-order valence-electron chi connectivity index (χ4n) is 5.76. The first-order valence-electron chi connectivity index (χ1n) is 13.8. The van der Waals surface area contributed by atoms with E-state index in [-0.39, 0.29) is 36.4 Å². The topological polar surface area (TPSA) is 76.2 Å². The number of likely N-dealkylation sites (tertiary alicyclic amines) is 1. The zero-order valence-corrected chi connectivity index (χ0v) is 22.9. The van der Waals surface area contributed by atoms with Crippen molar-refractivity contribution in [2.75, 3.05) is 26.7 Å². The molecular formula is C30H42N2O5. The fraction of sp³-hybridized carbons (Fsp3) is 0.633. The van der Waals surface area contributed by atoms with Gasteiger partial charge in [0.25, 0.3) is 0 Å². The predicted molar refractivity (Wildman–Crippen MR) is 143 cm³/mol. The van der Waals surface area contributed by atoms with E-state index in [1.54, 1.807) is 4.90 Å². The van der Waals surface area contributed by atoms with Crippen LogP contribution in [-0.4, -0.2) is 66.2 Å². The highest BCUT2D eigenvalue weighted by atomic mass is 16.6. The molecular weight excluding hydrogens is 468 g/mol. The Bertz CT molecular complexity index is 1010. The highest BCUT2D eigenvalue weighted by Gasteiger charge is 2.53. The van der Waals surface area contributed by atoms with Crippen molar-refractivity contribution < 1.29 is 23.9 Å². The summed E-state index contributed by atoms with van der Waals surface area (Å²) in [7, 11) is 1.40. The van der Waals surface area contributed by atoms with Gasteiger partial charge in [-0.05, 0) is 75.5 Å². The van der Waals surface area contributed by atoms with Gasteiger partial charge in [-0.1, -0.05) is 31.9 Å². The number of carbonyl (C=O) groups is 3. The van der Waals surface area contributed by atoms with Crippen LogP contribution in [0.15, 0.2) is 24.3 Å². The molecule has 2 aliphatic rings. The molecule has 7 nitrogen and oxygen atoms in total. The molecule has 1 aromatic rings. The fourth-order valence-corrected chi connectivity index (χ4v) is 5.76. The van der Waals surface area contributed by atoms with Crippen LogP contribution < -0.4 is 0 Å². The van der Waals surface area contributed by atoms with Crippen molar-refractivity contribution in [1.29, 1.82) is 0 Å². The molecule has 2 fully saturated rings. The maximum atomic E-state index is 13.1. The monoisotopic (exact) mass is 510 g/mol. The second-order valence-corrected chi connectivity index (χ2v) is 10.2. The lowest BCUT2D eigenvalue weighted by Crippen LogP contribution is -2.51. The molecule has 1 heterocycles. The largest absolute Gasteiger partial charge is 0.453 e. The summed E-state index contributed by atoms with van der Waals surface area (Å²) < 4.78 is 11.2. The molecule has 0 bridgehead atoms. The summed E-state index contributed by atoms with van der Waals surface area (Å²) in [6, 6.07) is 7.89. The van der Waals surface area contributed by atoms with Crippen molar-refractivity contribution in [3.63, 3.8) is 0 Å². The van der Waals surface area contributed by atoms with Gasteiger partial charge < -0.3 is 19.3 Å². The SMILES string of the molecule is CCCN(CCC)C(=O)CCCC(=O)OC1(C#Cc2cccc(C)c2)CCC[C@@H]2C1CCN2C(=O)OC. The van der Waals surface area contributed by atoms with Crippen LogP contribution in [-0.2, 0) is 19.1 Å². The summed E-state index contributed by atoms with van der Waals surface area (Å²) in [5, 5.41) is 0. The highest BCUT2D eigenvalue weighted by Crippen LogP contribution is 2.45. The Hall–Kier alpha value is -3.01. The third kappa shape index (κ3) is 7.28. The van der Waals surface area contributed by atoms with Crippen LogP contribution in [0.3, 0.4) is 0 Å². The van der Waals surface area contributed by atoms with Gasteiger partial charge in [0.1, 0.15) is 0 Å². The molecule has 1 saturated carbocycles. The summed E-state index contributed by atoms with van der Waals surface area (Å²) in [5.41, 5.74) is 1.02. The molecule has 0 aromatic heterocycles. The van der Waals surface area contributed by atoms with E-state index in [4.69, 9.17) is 9.47 Å². The summed E-state index contributed by atoms with van der Waals surface area (Å²) in [6.07, 6.45) is 5.42. The number of aryl methyl sites for hydroxylation is 1. The molecule has 1 aromatic carbocycles. The Morgan fingerprint density at radius 1 is 1.14 bits per heavy atom. The molecule has 3 rings (SSSR count). The quantitative estimate of drug-likeness (QED) is 0.342. The molecule has 7 heteroatoms. The second kappa shape index (κ2) is 13.5. The maximum absolute atomic E-state index is 13.1. The van der Waals surface area contributed by atoms with Gasteiger partial charge in [-0.25, -0.2) is 4.79 Å². The van der Waals surface area contributed by atoms with Gasteiger partial charge >= 0.3 is 12.1 Å². The number of esters is 1. The lowest BCUT2D eigenvalue weighted by molar-refractivity contribution is -0.163. The average molecular weight is 511 g/mol. The van der Waals surface area contributed by atoms with E-state index in [1.807, 2.05) is 36.1 Å².